The molecule has 0 aromatic heterocycles. The Bertz CT molecular complexity index is 250. The van der Waals surface area contributed by atoms with Gasteiger partial charge in [-0.05, 0) is 24.6 Å². The van der Waals surface area contributed by atoms with Crippen LogP contribution in [-0.2, 0) is 0 Å². The summed E-state index contributed by atoms with van der Waals surface area (Å²) in [6.45, 7) is 2.02. The summed E-state index contributed by atoms with van der Waals surface area (Å²) in [5.74, 6) is 0.789. The van der Waals surface area contributed by atoms with Crippen LogP contribution in [0.25, 0.3) is 0 Å². The van der Waals surface area contributed by atoms with E-state index < -0.39 is 0 Å². The van der Waals surface area contributed by atoms with Crippen molar-refractivity contribution in [2.75, 3.05) is 6.07 Å². The molecular formula is C8H8BrClO. The first-order valence-electron chi connectivity index (χ1n) is 3.19. The molecule has 60 valence electrons. The number of aryl methyl sites for hydroxylation is 1. The van der Waals surface area contributed by atoms with E-state index in [1.807, 2.05) is 25.1 Å². The molecule has 0 aliphatic rings. The lowest BCUT2D eigenvalue weighted by molar-refractivity contribution is 0.387. The van der Waals surface area contributed by atoms with Crippen LogP contribution >= 0.6 is 27.5 Å². The van der Waals surface area contributed by atoms with E-state index >= 15 is 0 Å². The van der Waals surface area contributed by atoms with Gasteiger partial charge in [-0.1, -0.05) is 33.6 Å². The van der Waals surface area contributed by atoms with Crippen LogP contribution in [0, 0.1) is 6.92 Å². The standard InChI is InChI=1S/C8H8BrClO/c1-6-2-3-7(11-5-10)4-8(6)9/h2-4H,5H2,1H3. The normalized spacial score (nSPS) is 9.73. The van der Waals surface area contributed by atoms with Crippen molar-refractivity contribution in [3.05, 3.63) is 28.2 Å². The van der Waals surface area contributed by atoms with Crippen molar-refractivity contribution in [1.29, 1.82) is 0 Å². The second kappa shape index (κ2) is 3.98. The Balaban J connectivity index is 2.86. The maximum atomic E-state index is 5.39. The summed E-state index contributed by atoms with van der Waals surface area (Å²) in [5.41, 5.74) is 1.19. The summed E-state index contributed by atoms with van der Waals surface area (Å²) in [7, 11) is 0. The zero-order valence-electron chi connectivity index (χ0n) is 6.10. The molecule has 0 saturated carbocycles. The van der Waals surface area contributed by atoms with Crippen LogP contribution in [0.15, 0.2) is 22.7 Å². The monoisotopic (exact) mass is 234 g/mol. The van der Waals surface area contributed by atoms with Crippen molar-refractivity contribution in [1.82, 2.24) is 0 Å². The van der Waals surface area contributed by atoms with Gasteiger partial charge in [-0.15, -0.1) is 0 Å². The Kier molecular flexibility index (Phi) is 3.21. The van der Waals surface area contributed by atoms with Crippen molar-refractivity contribution in [3.63, 3.8) is 0 Å². The number of alkyl halides is 1. The predicted octanol–water partition coefficient (Wildman–Crippen LogP) is 3.33. The van der Waals surface area contributed by atoms with E-state index in [1.165, 1.54) is 5.56 Å². The van der Waals surface area contributed by atoms with E-state index in [2.05, 4.69) is 15.9 Å². The van der Waals surface area contributed by atoms with E-state index in [-0.39, 0.29) is 6.07 Å². The van der Waals surface area contributed by atoms with Crippen molar-refractivity contribution in [3.8, 4) is 5.75 Å². The molecule has 1 rings (SSSR count). The minimum atomic E-state index is 0.190. The van der Waals surface area contributed by atoms with Crippen molar-refractivity contribution in [2.45, 2.75) is 6.92 Å². The fraction of sp³-hybridized carbons (Fsp3) is 0.250. The summed E-state index contributed by atoms with van der Waals surface area (Å²) in [6.07, 6.45) is 0. The van der Waals surface area contributed by atoms with Crippen LogP contribution in [0.3, 0.4) is 0 Å². The zero-order valence-corrected chi connectivity index (χ0v) is 8.45. The molecule has 11 heavy (non-hydrogen) atoms. The Morgan fingerprint density at radius 2 is 2.27 bits per heavy atom. The lowest BCUT2D eigenvalue weighted by Gasteiger charge is -2.03. The molecule has 1 aromatic rings. The fourth-order valence-corrected chi connectivity index (χ4v) is 1.21. The molecule has 0 fully saturated rings. The Morgan fingerprint density at radius 3 is 2.82 bits per heavy atom. The highest BCUT2D eigenvalue weighted by molar-refractivity contribution is 9.10. The quantitative estimate of drug-likeness (QED) is 0.715. The number of hydrogen-bond donors (Lipinski definition) is 0. The van der Waals surface area contributed by atoms with Gasteiger partial charge < -0.3 is 4.74 Å². The van der Waals surface area contributed by atoms with Gasteiger partial charge in [0.05, 0.1) is 0 Å². The molecule has 0 spiro atoms. The van der Waals surface area contributed by atoms with Gasteiger partial charge >= 0.3 is 0 Å². The number of halogens is 2. The first-order chi connectivity index (χ1) is 5.24. The second-order valence-corrected chi connectivity index (χ2v) is 3.24. The van der Waals surface area contributed by atoms with Crippen molar-refractivity contribution < 1.29 is 4.74 Å². The molecule has 0 N–H and O–H groups in total. The van der Waals surface area contributed by atoms with E-state index in [1.54, 1.807) is 0 Å². The molecular weight excluding hydrogens is 227 g/mol. The Morgan fingerprint density at radius 1 is 1.55 bits per heavy atom. The van der Waals surface area contributed by atoms with Gasteiger partial charge in [0, 0.05) is 4.47 Å². The van der Waals surface area contributed by atoms with Crippen LogP contribution in [-0.4, -0.2) is 6.07 Å². The molecule has 1 aromatic carbocycles. The first-order valence-corrected chi connectivity index (χ1v) is 4.51. The highest BCUT2D eigenvalue weighted by atomic mass is 79.9. The molecule has 0 heterocycles. The molecule has 0 unspecified atom stereocenters. The first kappa shape index (κ1) is 8.88. The molecule has 0 radical (unpaired) electrons. The maximum absolute atomic E-state index is 5.39. The predicted molar refractivity (Wildman–Crippen MR) is 50.2 cm³/mol. The number of hydrogen-bond acceptors (Lipinski definition) is 1. The number of ether oxygens (including phenoxy) is 1. The number of rotatable bonds is 2. The lowest BCUT2D eigenvalue weighted by atomic mass is 10.2. The average molecular weight is 236 g/mol. The maximum Gasteiger partial charge on any atom is 0.162 e. The van der Waals surface area contributed by atoms with Gasteiger partial charge in [-0.2, -0.15) is 0 Å². The van der Waals surface area contributed by atoms with Crippen LogP contribution in [0.4, 0.5) is 0 Å². The van der Waals surface area contributed by atoms with Gasteiger partial charge in [-0.3, -0.25) is 0 Å². The SMILES string of the molecule is Cc1ccc(OCCl)cc1Br. The second-order valence-electron chi connectivity index (χ2n) is 2.16. The fourth-order valence-electron chi connectivity index (χ4n) is 0.726. The molecule has 0 amide bonds. The summed E-state index contributed by atoms with van der Waals surface area (Å²) in [5, 5.41) is 0. The van der Waals surface area contributed by atoms with E-state index in [9.17, 15) is 0 Å². The summed E-state index contributed by atoms with van der Waals surface area (Å²) in [6, 6.07) is 5.96. The molecule has 0 saturated heterocycles. The van der Waals surface area contributed by atoms with Crippen molar-refractivity contribution in [2.24, 2.45) is 0 Å². The van der Waals surface area contributed by atoms with Crippen LogP contribution in [0.2, 0.25) is 0 Å². The highest BCUT2D eigenvalue weighted by Crippen LogP contribution is 2.22. The van der Waals surface area contributed by atoms with Crippen LogP contribution < -0.4 is 4.74 Å². The van der Waals surface area contributed by atoms with Gasteiger partial charge in [0.1, 0.15) is 5.75 Å². The Hall–Kier alpha value is -0.210. The van der Waals surface area contributed by atoms with E-state index in [0.29, 0.717) is 0 Å². The number of benzene rings is 1. The highest BCUT2D eigenvalue weighted by Gasteiger charge is 1.96. The molecule has 0 aliphatic carbocycles. The zero-order chi connectivity index (χ0) is 8.27. The lowest BCUT2D eigenvalue weighted by Crippen LogP contribution is -1.88. The largest absolute Gasteiger partial charge is 0.478 e. The van der Waals surface area contributed by atoms with Crippen LogP contribution in [0.1, 0.15) is 5.56 Å². The van der Waals surface area contributed by atoms with Gasteiger partial charge in [0.25, 0.3) is 0 Å². The smallest absolute Gasteiger partial charge is 0.162 e. The minimum absolute atomic E-state index is 0.190. The minimum Gasteiger partial charge on any atom is -0.478 e. The molecule has 0 bridgehead atoms. The van der Waals surface area contributed by atoms with Gasteiger partial charge in [-0.25, -0.2) is 0 Å². The topological polar surface area (TPSA) is 9.23 Å². The summed E-state index contributed by atoms with van der Waals surface area (Å²) >= 11 is 8.78. The third kappa shape index (κ3) is 2.38. The summed E-state index contributed by atoms with van der Waals surface area (Å²) in [4.78, 5) is 0. The Labute approximate surface area is 79.4 Å². The van der Waals surface area contributed by atoms with E-state index in [4.69, 9.17) is 16.3 Å². The van der Waals surface area contributed by atoms with E-state index in [0.717, 1.165) is 10.2 Å². The van der Waals surface area contributed by atoms with Crippen LogP contribution in [0.5, 0.6) is 5.75 Å². The third-order valence-corrected chi connectivity index (χ3v) is 2.33. The molecule has 1 nitrogen and oxygen atoms in total. The van der Waals surface area contributed by atoms with Gasteiger partial charge in [0.15, 0.2) is 6.07 Å². The summed E-state index contributed by atoms with van der Waals surface area (Å²) < 4.78 is 6.12. The third-order valence-electron chi connectivity index (χ3n) is 1.36. The molecule has 0 atom stereocenters. The van der Waals surface area contributed by atoms with Gasteiger partial charge in [0.2, 0.25) is 0 Å². The average Bonchev–Trinajstić information content (AvgIpc) is 1.98. The molecule has 3 heteroatoms. The molecule has 0 aliphatic heterocycles. The van der Waals surface area contributed by atoms with Crippen molar-refractivity contribution >= 4 is 27.5 Å².